The molecule has 1 heterocycles. The predicted octanol–water partition coefficient (Wildman–Crippen LogP) is 3.93. The van der Waals surface area contributed by atoms with Crippen LogP contribution >= 0.6 is 0 Å². The van der Waals surface area contributed by atoms with Crippen LogP contribution in [0, 0.1) is 11.8 Å². The number of carbonyl (C=O) groups is 2. The van der Waals surface area contributed by atoms with E-state index >= 15 is 0 Å². The highest BCUT2D eigenvalue weighted by atomic mass is 16.5. The average molecular weight is 396 g/mol. The Bertz CT molecular complexity index is 798. The number of aromatic nitrogens is 1. The van der Waals surface area contributed by atoms with E-state index in [-0.39, 0.29) is 29.8 Å². The van der Waals surface area contributed by atoms with E-state index in [0.717, 1.165) is 42.8 Å². The number of hydrogen-bond donors (Lipinski definition) is 2. The number of ether oxygens (including phenoxy) is 1. The molecule has 1 aromatic heterocycles. The Morgan fingerprint density at radius 1 is 1.00 bits per heavy atom. The van der Waals surface area contributed by atoms with Crippen molar-refractivity contribution in [2.75, 3.05) is 5.32 Å². The number of benzene rings is 1. The third kappa shape index (κ3) is 6.31. The maximum atomic E-state index is 12.6. The average Bonchev–Trinajstić information content (AvgIpc) is 2.74. The van der Waals surface area contributed by atoms with E-state index in [1.165, 1.54) is 0 Å². The molecule has 1 aromatic carbocycles. The highest BCUT2D eigenvalue weighted by Gasteiger charge is 2.29. The van der Waals surface area contributed by atoms with Gasteiger partial charge < -0.3 is 15.4 Å². The van der Waals surface area contributed by atoms with E-state index in [1.54, 1.807) is 6.20 Å². The second-order valence-electron chi connectivity index (χ2n) is 7.77. The Labute approximate surface area is 172 Å². The molecule has 0 spiro atoms. The smallest absolute Gasteiger partial charge is 0.227 e. The van der Waals surface area contributed by atoms with Crippen LogP contribution in [0.5, 0.6) is 5.75 Å². The normalized spacial score (nSPS) is 18.9. The van der Waals surface area contributed by atoms with Crippen molar-refractivity contribution < 1.29 is 14.3 Å². The van der Waals surface area contributed by atoms with Gasteiger partial charge in [-0.1, -0.05) is 6.07 Å². The molecule has 0 saturated heterocycles. The molecule has 2 aromatic rings. The number of pyridine rings is 1. The summed E-state index contributed by atoms with van der Waals surface area (Å²) in [5.74, 6) is 0.775. The lowest BCUT2D eigenvalue weighted by Gasteiger charge is -2.27. The van der Waals surface area contributed by atoms with Crippen LogP contribution in [0.4, 0.5) is 5.69 Å². The van der Waals surface area contributed by atoms with Gasteiger partial charge in [0.25, 0.3) is 0 Å². The largest absolute Gasteiger partial charge is 0.491 e. The van der Waals surface area contributed by atoms with Crippen LogP contribution < -0.4 is 15.4 Å². The lowest BCUT2D eigenvalue weighted by Crippen LogP contribution is -2.35. The summed E-state index contributed by atoms with van der Waals surface area (Å²) < 4.78 is 5.62. The topological polar surface area (TPSA) is 80.3 Å². The molecule has 2 amide bonds. The highest BCUT2D eigenvalue weighted by molar-refractivity contribution is 5.92. The number of amides is 2. The van der Waals surface area contributed by atoms with E-state index < -0.39 is 0 Å². The van der Waals surface area contributed by atoms with Crippen molar-refractivity contribution in [3.63, 3.8) is 0 Å². The molecule has 29 heavy (non-hydrogen) atoms. The summed E-state index contributed by atoms with van der Waals surface area (Å²) in [5, 5.41) is 5.94. The zero-order valence-electron chi connectivity index (χ0n) is 17.1. The first kappa shape index (κ1) is 20.8. The molecule has 1 fully saturated rings. The summed E-state index contributed by atoms with van der Waals surface area (Å²) in [6.45, 7) is 4.40. The molecule has 1 saturated carbocycles. The van der Waals surface area contributed by atoms with Gasteiger partial charge >= 0.3 is 0 Å². The van der Waals surface area contributed by atoms with Gasteiger partial charge in [0.05, 0.1) is 18.3 Å². The maximum absolute atomic E-state index is 12.6. The summed E-state index contributed by atoms with van der Waals surface area (Å²) >= 11 is 0. The maximum Gasteiger partial charge on any atom is 0.227 e. The Hall–Kier alpha value is -2.89. The minimum Gasteiger partial charge on any atom is -0.491 e. The van der Waals surface area contributed by atoms with Gasteiger partial charge in [-0.05, 0) is 75.9 Å². The van der Waals surface area contributed by atoms with Crippen molar-refractivity contribution in [2.45, 2.75) is 52.2 Å². The standard InChI is InChI=1S/C23H29N3O3/c1-16(2)29-21-12-10-19(11-13-21)26-23(28)18-8-6-17(7-9-18)22(27)25-15-20-5-3-4-14-24-20/h3-5,10-14,16-18H,6-9,15H2,1-2H3,(H,25,27)(H,26,28). The van der Waals surface area contributed by atoms with Crippen LogP contribution in [0.15, 0.2) is 48.7 Å². The Balaban J connectivity index is 1.42. The number of nitrogens with zero attached hydrogens (tertiary/aromatic N) is 1. The Morgan fingerprint density at radius 3 is 2.24 bits per heavy atom. The van der Waals surface area contributed by atoms with E-state index in [9.17, 15) is 9.59 Å². The molecule has 0 aliphatic heterocycles. The molecule has 1 aliphatic rings. The first-order chi connectivity index (χ1) is 14.0. The molecule has 154 valence electrons. The molecule has 2 N–H and O–H groups in total. The van der Waals surface area contributed by atoms with Gasteiger partial charge in [-0.2, -0.15) is 0 Å². The van der Waals surface area contributed by atoms with Crippen LogP contribution in [0.1, 0.15) is 45.2 Å². The van der Waals surface area contributed by atoms with Gasteiger partial charge in [-0.25, -0.2) is 0 Å². The van der Waals surface area contributed by atoms with Gasteiger partial charge in [0.15, 0.2) is 0 Å². The summed E-state index contributed by atoms with van der Waals surface area (Å²) in [5.41, 5.74) is 1.61. The molecule has 0 bridgehead atoms. The molecule has 0 atom stereocenters. The zero-order valence-corrected chi connectivity index (χ0v) is 17.1. The molecule has 6 nitrogen and oxygen atoms in total. The van der Waals surface area contributed by atoms with Gasteiger partial charge in [0.1, 0.15) is 5.75 Å². The lowest BCUT2D eigenvalue weighted by atomic mass is 9.81. The monoisotopic (exact) mass is 395 g/mol. The van der Waals surface area contributed by atoms with Crippen LogP contribution in [-0.4, -0.2) is 22.9 Å². The van der Waals surface area contributed by atoms with E-state index in [2.05, 4.69) is 15.6 Å². The number of carbonyl (C=O) groups excluding carboxylic acids is 2. The van der Waals surface area contributed by atoms with Crippen molar-refractivity contribution in [2.24, 2.45) is 11.8 Å². The second-order valence-corrected chi connectivity index (χ2v) is 7.77. The third-order valence-electron chi connectivity index (χ3n) is 5.13. The lowest BCUT2D eigenvalue weighted by molar-refractivity contribution is -0.128. The number of nitrogens with one attached hydrogen (secondary N) is 2. The van der Waals surface area contributed by atoms with E-state index in [1.807, 2.05) is 56.3 Å². The van der Waals surface area contributed by atoms with Crippen LogP contribution in [-0.2, 0) is 16.1 Å². The van der Waals surface area contributed by atoms with Crippen LogP contribution in [0.3, 0.4) is 0 Å². The number of rotatable bonds is 7. The summed E-state index contributed by atoms with van der Waals surface area (Å²) in [4.78, 5) is 29.2. The molecule has 0 radical (unpaired) electrons. The fourth-order valence-corrected chi connectivity index (χ4v) is 3.58. The third-order valence-corrected chi connectivity index (χ3v) is 5.13. The molecule has 3 rings (SSSR count). The summed E-state index contributed by atoms with van der Waals surface area (Å²) in [7, 11) is 0. The van der Waals surface area contributed by atoms with E-state index in [4.69, 9.17) is 4.74 Å². The van der Waals surface area contributed by atoms with Gasteiger partial charge in [0.2, 0.25) is 11.8 Å². The minimum absolute atomic E-state index is 0.0230. The van der Waals surface area contributed by atoms with Gasteiger partial charge in [-0.3, -0.25) is 14.6 Å². The van der Waals surface area contributed by atoms with Crippen LogP contribution in [0.2, 0.25) is 0 Å². The predicted molar refractivity (Wildman–Crippen MR) is 112 cm³/mol. The number of anilines is 1. The molecule has 1 aliphatic carbocycles. The van der Waals surface area contributed by atoms with Crippen molar-refractivity contribution in [1.82, 2.24) is 10.3 Å². The van der Waals surface area contributed by atoms with Gasteiger partial charge in [0, 0.05) is 23.7 Å². The number of hydrogen-bond acceptors (Lipinski definition) is 4. The SMILES string of the molecule is CC(C)Oc1ccc(NC(=O)C2CCC(C(=O)NCc3ccccn3)CC2)cc1. The summed E-state index contributed by atoms with van der Waals surface area (Å²) in [6.07, 6.45) is 4.74. The van der Waals surface area contributed by atoms with Crippen LogP contribution in [0.25, 0.3) is 0 Å². The second kappa shape index (κ2) is 10.0. The van der Waals surface area contributed by atoms with Gasteiger partial charge in [-0.15, -0.1) is 0 Å². The van der Waals surface area contributed by atoms with Crippen molar-refractivity contribution in [3.05, 3.63) is 54.4 Å². The Morgan fingerprint density at radius 2 is 1.66 bits per heavy atom. The first-order valence-electron chi connectivity index (χ1n) is 10.3. The minimum atomic E-state index is -0.0542. The molecular formula is C23H29N3O3. The van der Waals surface area contributed by atoms with Crippen molar-refractivity contribution >= 4 is 17.5 Å². The summed E-state index contributed by atoms with van der Waals surface area (Å²) in [6, 6.07) is 13.1. The first-order valence-corrected chi connectivity index (χ1v) is 10.3. The fourth-order valence-electron chi connectivity index (χ4n) is 3.58. The molecule has 0 unspecified atom stereocenters. The van der Waals surface area contributed by atoms with E-state index in [0.29, 0.717) is 6.54 Å². The van der Waals surface area contributed by atoms with Crippen molar-refractivity contribution in [3.8, 4) is 5.75 Å². The zero-order chi connectivity index (χ0) is 20.6. The van der Waals surface area contributed by atoms with Crippen molar-refractivity contribution in [1.29, 1.82) is 0 Å². The Kier molecular flexibility index (Phi) is 7.22. The highest BCUT2D eigenvalue weighted by Crippen LogP contribution is 2.30. The molecule has 6 heteroatoms. The fraction of sp³-hybridized carbons (Fsp3) is 0.435. The quantitative estimate of drug-likeness (QED) is 0.744. The molecular weight excluding hydrogens is 366 g/mol.